The van der Waals surface area contributed by atoms with E-state index in [-0.39, 0.29) is 17.2 Å². The van der Waals surface area contributed by atoms with Crippen molar-refractivity contribution in [2.45, 2.75) is 32.2 Å². The number of sulfonamides is 1. The van der Waals surface area contributed by atoms with Gasteiger partial charge in [0.1, 0.15) is 0 Å². The Hall–Kier alpha value is -2.65. The number of Topliss-reactive ketones (excluding diaryl/α,β-unsaturated/α-hetero) is 1. The number of aryl methyl sites for hydroxylation is 2. The summed E-state index contributed by atoms with van der Waals surface area (Å²) in [5, 5.41) is 7.98. The average molecular weight is 359 g/mol. The summed E-state index contributed by atoms with van der Waals surface area (Å²) in [5.41, 5.74) is 2.14. The van der Waals surface area contributed by atoms with Crippen molar-refractivity contribution in [3.8, 4) is 0 Å². The number of fused-ring (bicyclic) bond motifs is 1. The number of carbonyl (C=O) groups is 1. The van der Waals surface area contributed by atoms with Crippen molar-refractivity contribution in [1.82, 2.24) is 24.3 Å². The molecule has 0 unspecified atom stereocenters. The summed E-state index contributed by atoms with van der Waals surface area (Å²) in [6.07, 6.45) is 0. The average Bonchev–Trinajstić information content (AvgIpc) is 2.96. The highest BCUT2D eigenvalue weighted by atomic mass is 32.2. The van der Waals surface area contributed by atoms with E-state index in [4.69, 9.17) is 0 Å². The zero-order chi connectivity index (χ0) is 18.2. The molecule has 1 N–H and O–H groups in total. The number of ketones is 1. The Kier molecular flexibility index (Phi) is 4.36. The molecule has 0 spiro atoms. The molecule has 0 saturated heterocycles. The van der Waals surface area contributed by atoms with E-state index >= 15 is 0 Å². The van der Waals surface area contributed by atoms with E-state index in [1.165, 1.54) is 31.2 Å². The third-order valence-electron chi connectivity index (χ3n) is 3.75. The molecule has 25 heavy (non-hydrogen) atoms. The first kappa shape index (κ1) is 17.2. The van der Waals surface area contributed by atoms with E-state index in [9.17, 15) is 13.2 Å². The highest BCUT2D eigenvalue weighted by molar-refractivity contribution is 7.89. The molecular weight excluding hydrogens is 342 g/mol. The van der Waals surface area contributed by atoms with Gasteiger partial charge >= 0.3 is 0 Å². The van der Waals surface area contributed by atoms with E-state index in [1.807, 2.05) is 19.9 Å². The molecule has 0 amide bonds. The SMILES string of the molecule is CC(=O)c1ccc(S(=O)(=O)NCc2nnc3nc(C)cc(C)n23)cc1. The molecule has 130 valence electrons. The van der Waals surface area contributed by atoms with Gasteiger partial charge in [0, 0.05) is 17.0 Å². The van der Waals surface area contributed by atoms with Gasteiger partial charge in [-0.25, -0.2) is 18.1 Å². The minimum atomic E-state index is -3.73. The number of nitrogens with zero attached hydrogens (tertiary/aromatic N) is 4. The molecule has 8 nitrogen and oxygen atoms in total. The summed E-state index contributed by atoms with van der Waals surface area (Å²) < 4.78 is 29.0. The largest absolute Gasteiger partial charge is 0.295 e. The van der Waals surface area contributed by atoms with Crippen LogP contribution in [0.2, 0.25) is 0 Å². The summed E-state index contributed by atoms with van der Waals surface area (Å²) >= 11 is 0. The molecule has 0 saturated carbocycles. The van der Waals surface area contributed by atoms with Crippen molar-refractivity contribution in [3.63, 3.8) is 0 Å². The van der Waals surface area contributed by atoms with Crippen LogP contribution in [-0.4, -0.2) is 33.8 Å². The molecule has 3 aromatic rings. The van der Waals surface area contributed by atoms with Crippen molar-refractivity contribution in [2.75, 3.05) is 0 Å². The summed E-state index contributed by atoms with van der Waals surface area (Å²) in [4.78, 5) is 15.6. The zero-order valence-corrected chi connectivity index (χ0v) is 14.8. The Bertz CT molecular complexity index is 1060. The molecule has 2 aromatic heterocycles. The summed E-state index contributed by atoms with van der Waals surface area (Å²) in [7, 11) is -3.73. The number of carbonyl (C=O) groups excluding carboxylic acids is 1. The molecule has 9 heteroatoms. The topological polar surface area (TPSA) is 106 Å². The number of nitrogens with one attached hydrogen (secondary N) is 1. The predicted molar refractivity (Wildman–Crippen MR) is 90.7 cm³/mol. The first-order valence-electron chi connectivity index (χ1n) is 7.57. The number of hydrogen-bond donors (Lipinski definition) is 1. The number of aromatic nitrogens is 4. The van der Waals surface area contributed by atoms with Crippen molar-refractivity contribution in [2.24, 2.45) is 0 Å². The van der Waals surface area contributed by atoms with Gasteiger partial charge in [0.2, 0.25) is 10.0 Å². The lowest BCUT2D eigenvalue weighted by Crippen LogP contribution is -2.24. The third kappa shape index (κ3) is 3.42. The molecule has 0 fully saturated rings. The Labute approximate surface area is 145 Å². The van der Waals surface area contributed by atoms with Crippen LogP contribution in [0.3, 0.4) is 0 Å². The van der Waals surface area contributed by atoms with Crippen LogP contribution in [0.25, 0.3) is 5.78 Å². The van der Waals surface area contributed by atoms with Gasteiger partial charge in [-0.1, -0.05) is 12.1 Å². The zero-order valence-electron chi connectivity index (χ0n) is 14.0. The lowest BCUT2D eigenvalue weighted by Gasteiger charge is -2.08. The van der Waals surface area contributed by atoms with Crippen LogP contribution in [0.5, 0.6) is 0 Å². The minimum absolute atomic E-state index is 0.0243. The lowest BCUT2D eigenvalue weighted by atomic mass is 10.2. The van der Waals surface area contributed by atoms with Gasteiger partial charge in [-0.3, -0.25) is 9.20 Å². The fourth-order valence-electron chi connectivity index (χ4n) is 2.52. The maximum atomic E-state index is 12.4. The Morgan fingerprint density at radius 2 is 1.84 bits per heavy atom. The normalized spacial score (nSPS) is 11.8. The second-order valence-electron chi connectivity index (χ2n) is 5.70. The molecule has 1 aromatic carbocycles. The smallest absolute Gasteiger partial charge is 0.255 e. The van der Waals surface area contributed by atoms with Gasteiger partial charge in [0.25, 0.3) is 5.78 Å². The molecular formula is C16H17N5O3S. The third-order valence-corrected chi connectivity index (χ3v) is 5.17. The minimum Gasteiger partial charge on any atom is -0.295 e. The van der Waals surface area contributed by atoms with Gasteiger partial charge in [0.15, 0.2) is 11.6 Å². The van der Waals surface area contributed by atoms with Gasteiger partial charge in [-0.2, -0.15) is 0 Å². The van der Waals surface area contributed by atoms with E-state index in [1.54, 1.807) is 4.40 Å². The van der Waals surface area contributed by atoms with E-state index in [0.29, 0.717) is 17.2 Å². The maximum Gasteiger partial charge on any atom is 0.255 e. The van der Waals surface area contributed by atoms with Crippen molar-refractivity contribution in [1.29, 1.82) is 0 Å². The molecule has 0 aliphatic rings. The van der Waals surface area contributed by atoms with E-state index < -0.39 is 10.0 Å². The molecule has 0 aliphatic carbocycles. The van der Waals surface area contributed by atoms with E-state index in [2.05, 4.69) is 19.9 Å². The Morgan fingerprint density at radius 3 is 2.48 bits per heavy atom. The standard InChI is InChI=1S/C16H17N5O3S/c1-10-8-11(2)21-15(19-20-16(21)18-10)9-17-25(23,24)14-6-4-13(5-7-14)12(3)22/h4-8,17H,9H2,1-3H3. The van der Waals surface area contributed by atoms with Crippen LogP contribution < -0.4 is 4.72 Å². The predicted octanol–water partition coefficient (Wildman–Crippen LogP) is 1.42. The Morgan fingerprint density at radius 1 is 1.16 bits per heavy atom. The van der Waals surface area contributed by atoms with Crippen LogP contribution in [0, 0.1) is 13.8 Å². The van der Waals surface area contributed by atoms with Crippen LogP contribution in [-0.2, 0) is 16.6 Å². The number of benzene rings is 1. The molecule has 3 rings (SSSR count). The van der Waals surface area contributed by atoms with Gasteiger partial charge in [0.05, 0.1) is 11.4 Å². The maximum absolute atomic E-state index is 12.4. The fraction of sp³-hybridized carbons (Fsp3) is 0.250. The monoisotopic (exact) mass is 359 g/mol. The van der Waals surface area contributed by atoms with Crippen molar-refractivity contribution >= 4 is 21.6 Å². The van der Waals surface area contributed by atoms with Gasteiger partial charge in [-0.15, -0.1) is 10.2 Å². The molecule has 0 bridgehead atoms. The summed E-state index contributed by atoms with van der Waals surface area (Å²) in [5.74, 6) is 0.756. The highest BCUT2D eigenvalue weighted by Crippen LogP contribution is 2.13. The second-order valence-corrected chi connectivity index (χ2v) is 7.46. The highest BCUT2D eigenvalue weighted by Gasteiger charge is 2.17. The molecule has 0 atom stereocenters. The number of rotatable bonds is 5. The Balaban J connectivity index is 1.84. The molecule has 0 aliphatic heterocycles. The summed E-state index contributed by atoms with van der Waals surface area (Å²) in [6, 6.07) is 7.64. The first-order chi connectivity index (χ1) is 11.8. The van der Waals surface area contributed by atoms with Gasteiger partial charge in [-0.05, 0) is 39.0 Å². The van der Waals surface area contributed by atoms with E-state index in [0.717, 1.165) is 11.4 Å². The second kappa shape index (κ2) is 6.34. The van der Waals surface area contributed by atoms with Gasteiger partial charge < -0.3 is 0 Å². The van der Waals surface area contributed by atoms with Crippen LogP contribution in [0.4, 0.5) is 0 Å². The fourth-order valence-corrected chi connectivity index (χ4v) is 3.50. The van der Waals surface area contributed by atoms with Crippen molar-refractivity contribution < 1.29 is 13.2 Å². The lowest BCUT2D eigenvalue weighted by molar-refractivity contribution is 0.101. The summed E-state index contributed by atoms with van der Waals surface area (Å²) in [6.45, 7) is 5.14. The van der Waals surface area contributed by atoms with Crippen LogP contribution in [0.1, 0.15) is 34.5 Å². The molecule has 0 radical (unpaired) electrons. The van der Waals surface area contributed by atoms with Crippen LogP contribution in [0.15, 0.2) is 35.2 Å². The number of hydrogen-bond acceptors (Lipinski definition) is 6. The van der Waals surface area contributed by atoms with Crippen LogP contribution >= 0.6 is 0 Å². The first-order valence-corrected chi connectivity index (χ1v) is 9.05. The van der Waals surface area contributed by atoms with Crippen molar-refractivity contribution in [3.05, 3.63) is 53.1 Å². The quantitative estimate of drug-likeness (QED) is 0.691. The molecule has 2 heterocycles.